The Labute approximate surface area is 176 Å². The van der Waals surface area contributed by atoms with E-state index < -0.39 is 6.10 Å². The molecule has 0 saturated carbocycles. The van der Waals surface area contributed by atoms with Crippen LogP contribution in [-0.2, 0) is 0 Å². The summed E-state index contributed by atoms with van der Waals surface area (Å²) in [7, 11) is 3.17. The summed E-state index contributed by atoms with van der Waals surface area (Å²) >= 11 is 0. The Morgan fingerprint density at radius 3 is 2.28 bits per heavy atom. The van der Waals surface area contributed by atoms with Gasteiger partial charge < -0.3 is 25.2 Å². The molecular weight excluding hydrogens is 368 g/mol. The number of nitrogens with one attached hydrogen (secondary N) is 2. The monoisotopic (exact) mass is 408 g/mol. The summed E-state index contributed by atoms with van der Waals surface area (Å²) < 4.78 is 10.6. The number of rotatable bonds is 12. The molecule has 0 spiro atoms. The molecule has 7 nitrogen and oxygen atoms in total. The first-order valence-corrected chi connectivity index (χ1v) is 10.5. The third-order valence-electron chi connectivity index (χ3n) is 4.77. The van der Waals surface area contributed by atoms with Crippen molar-refractivity contribution in [2.45, 2.75) is 59.2 Å². The first kappa shape index (κ1) is 25.0. The number of hydrogen-bond acceptors (Lipinski definition) is 5. The van der Waals surface area contributed by atoms with Crippen molar-refractivity contribution in [3.63, 3.8) is 0 Å². The summed E-state index contributed by atoms with van der Waals surface area (Å²) in [6.45, 7) is 13.8. The van der Waals surface area contributed by atoms with Crippen LogP contribution < -0.4 is 20.1 Å². The van der Waals surface area contributed by atoms with E-state index in [0.29, 0.717) is 29.5 Å². The minimum Gasteiger partial charge on any atom is -0.493 e. The van der Waals surface area contributed by atoms with Crippen LogP contribution in [0.25, 0.3) is 0 Å². The molecule has 0 radical (unpaired) electrons. The highest BCUT2D eigenvalue weighted by Crippen LogP contribution is 2.30. The van der Waals surface area contributed by atoms with Crippen LogP contribution in [0.5, 0.6) is 11.5 Å². The molecule has 0 aliphatic heterocycles. The Morgan fingerprint density at radius 2 is 1.72 bits per heavy atom. The summed E-state index contributed by atoms with van der Waals surface area (Å²) in [5, 5.41) is 17.1. The van der Waals surface area contributed by atoms with Gasteiger partial charge in [0.2, 0.25) is 0 Å². The van der Waals surface area contributed by atoms with E-state index in [0.717, 1.165) is 31.6 Å². The van der Waals surface area contributed by atoms with Crippen molar-refractivity contribution in [1.29, 1.82) is 0 Å². The fraction of sp³-hybridized carbons (Fsp3) is 0.682. The first-order valence-electron chi connectivity index (χ1n) is 10.5. The number of methoxy groups -OCH3 is 2. The van der Waals surface area contributed by atoms with E-state index in [1.807, 2.05) is 13.0 Å². The minimum absolute atomic E-state index is 0.259. The Balaban J connectivity index is 2.62. The third kappa shape index (κ3) is 8.50. The SMILES string of the molecule is CCNC(=NCC(O)c1ccc(OC)c(OC)c1)NCCCN(C(C)C)C(C)C. The van der Waals surface area contributed by atoms with Crippen LogP contribution >= 0.6 is 0 Å². The van der Waals surface area contributed by atoms with E-state index in [4.69, 9.17) is 9.47 Å². The molecule has 0 heterocycles. The molecule has 1 atom stereocenters. The standard InChI is InChI=1S/C22H40N4O3/c1-8-23-22(24-12-9-13-26(16(2)3)17(4)5)25-15-19(27)18-10-11-20(28-6)21(14-18)29-7/h10-11,14,16-17,19,27H,8-9,12-13,15H2,1-7H3,(H2,23,24,25). The summed E-state index contributed by atoms with van der Waals surface area (Å²) in [5.74, 6) is 1.95. The number of aliphatic hydroxyl groups excluding tert-OH is 1. The lowest BCUT2D eigenvalue weighted by molar-refractivity contribution is 0.173. The zero-order valence-electron chi connectivity index (χ0n) is 19.2. The van der Waals surface area contributed by atoms with E-state index in [1.54, 1.807) is 26.4 Å². The maximum atomic E-state index is 10.5. The van der Waals surface area contributed by atoms with Crippen molar-refractivity contribution in [2.24, 2.45) is 4.99 Å². The van der Waals surface area contributed by atoms with Crippen LogP contribution in [0.15, 0.2) is 23.2 Å². The Hall–Kier alpha value is -1.99. The zero-order valence-corrected chi connectivity index (χ0v) is 19.2. The van der Waals surface area contributed by atoms with Gasteiger partial charge in [0.05, 0.1) is 26.9 Å². The van der Waals surface area contributed by atoms with Crippen molar-refractivity contribution in [3.05, 3.63) is 23.8 Å². The van der Waals surface area contributed by atoms with Gasteiger partial charge >= 0.3 is 0 Å². The lowest BCUT2D eigenvalue weighted by Crippen LogP contribution is -2.41. The molecule has 0 bridgehead atoms. The number of guanidine groups is 1. The summed E-state index contributed by atoms with van der Waals surface area (Å²) in [6.07, 6.45) is 0.307. The van der Waals surface area contributed by atoms with Gasteiger partial charge in [0.25, 0.3) is 0 Å². The molecule has 29 heavy (non-hydrogen) atoms. The first-order chi connectivity index (χ1) is 13.8. The van der Waals surface area contributed by atoms with Crippen LogP contribution in [0.2, 0.25) is 0 Å². The maximum Gasteiger partial charge on any atom is 0.191 e. The summed E-state index contributed by atoms with van der Waals surface area (Å²) in [5.41, 5.74) is 0.742. The van der Waals surface area contributed by atoms with Gasteiger partial charge in [-0.15, -0.1) is 0 Å². The largest absolute Gasteiger partial charge is 0.493 e. The van der Waals surface area contributed by atoms with E-state index in [9.17, 15) is 5.11 Å². The normalized spacial score (nSPS) is 13.1. The number of aliphatic imine (C=N–C) groups is 1. The fourth-order valence-corrected chi connectivity index (χ4v) is 3.27. The van der Waals surface area contributed by atoms with Crippen molar-refractivity contribution in [2.75, 3.05) is 40.4 Å². The Bertz CT molecular complexity index is 612. The van der Waals surface area contributed by atoms with Gasteiger partial charge in [0, 0.05) is 31.7 Å². The molecular formula is C22H40N4O3. The molecule has 0 saturated heterocycles. The molecule has 0 aliphatic rings. The lowest BCUT2D eigenvalue weighted by Gasteiger charge is -2.30. The number of nitrogens with zero attached hydrogens (tertiary/aromatic N) is 2. The smallest absolute Gasteiger partial charge is 0.191 e. The van der Waals surface area contributed by atoms with Gasteiger partial charge in [-0.25, -0.2) is 0 Å². The van der Waals surface area contributed by atoms with Crippen LogP contribution in [0, 0.1) is 0 Å². The topological polar surface area (TPSA) is 78.4 Å². The van der Waals surface area contributed by atoms with Gasteiger partial charge in [0.1, 0.15) is 0 Å². The second-order valence-electron chi connectivity index (χ2n) is 7.56. The number of benzene rings is 1. The predicted octanol–water partition coefficient (Wildman–Crippen LogP) is 2.80. The lowest BCUT2D eigenvalue weighted by atomic mass is 10.1. The second-order valence-corrected chi connectivity index (χ2v) is 7.56. The van der Waals surface area contributed by atoms with Crippen LogP contribution in [-0.4, -0.2) is 68.4 Å². The Kier molecular flexibility index (Phi) is 11.5. The second kappa shape index (κ2) is 13.3. The molecule has 0 amide bonds. The molecule has 1 unspecified atom stereocenters. The quantitative estimate of drug-likeness (QED) is 0.280. The summed E-state index contributed by atoms with van der Waals surface area (Å²) in [4.78, 5) is 7.01. The van der Waals surface area contributed by atoms with Crippen LogP contribution in [0.1, 0.15) is 52.7 Å². The molecule has 1 aromatic rings. The van der Waals surface area contributed by atoms with Crippen molar-refractivity contribution >= 4 is 5.96 Å². The molecule has 1 rings (SSSR count). The van der Waals surface area contributed by atoms with Crippen molar-refractivity contribution in [3.8, 4) is 11.5 Å². The predicted molar refractivity (Wildman–Crippen MR) is 120 cm³/mol. The molecule has 0 aliphatic carbocycles. The van der Waals surface area contributed by atoms with Crippen LogP contribution in [0.4, 0.5) is 0 Å². The highest BCUT2D eigenvalue weighted by atomic mass is 16.5. The Morgan fingerprint density at radius 1 is 1.07 bits per heavy atom. The van der Waals surface area contributed by atoms with Crippen molar-refractivity contribution in [1.82, 2.24) is 15.5 Å². The summed E-state index contributed by atoms with van der Waals surface area (Å²) in [6, 6.07) is 6.47. The van der Waals surface area contributed by atoms with E-state index in [2.05, 4.69) is 48.2 Å². The highest BCUT2D eigenvalue weighted by molar-refractivity contribution is 5.79. The van der Waals surface area contributed by atoms with Gasteiger partial charge in [0.15, 0.2) is 17.5 Å². The molecule has 1 aromatic carbocycles. The van der Waals surface area contributed by atoms with E-state index in [1.165, 1.54) is 0 Å². The van der Waals surface area contributed by atoms with Gasteiger partial charge in [-0.05, 0) is 58.7 Å². The van der Waals surface area contributed by atoms with Gasteiger partial charge in [-0.3, -0.25) is 9.89 Å². The van der Waals surface area contributed by atoms with Gasteiger partial charge in [-0.1, -0.05) is 6.07 Å². The number of ether oxygens (including phenoxy) is 2. The molecule has 3 N–H and O–H groups in total. The number of hydrogen-bond donors (Lipinski definition) is 3. The van der Waals surface area contributed by atoms with Crippen molar-refractivity contribution < 1.29 is 14.6 Å². The molecule has 0 aromatic heterocycles. The average Bonchev–Trinajstić information content (AvgIpc) is 2.70. The number of aliphatic hydroxyl groups is 1. The average molecular weight is 409 g/mol. The van der Waals surface area contributed by atoms with Crippen LogP contribution in [0.3, 0.4) is 0 Å². The third-order valence-corrected chi connectivity index (χ3v) is 4.77. The minimum atomic E-state index is -0.720. The molecule has 7 heteroatoms. The fourth-order valence-electron chi connectivity index (χ4n) is 3.27. The van der Waals surface area contributed by atoms with E-state index >= 15 is 0 Å². The molecule has 166 valence electrons. The highest BCUT2D eigenvalue weighted by Gasteiger charge is 2.13. The maximum absolute atomic E-state index is 10.5. The zero-order chi connectivity index (χ0) is 21.8. The van der Waals surface area contributed by atoms with E-state index in [-0.39, 0.29) is 6.54 Å². The van der Waals surface area contributed by atoms with Gasteiger partial charge in [-0.2, -0.15) is 0 Å². The molecule has 0 fully saturated rings.